The summed E-state index contributed by atoms with van der Waals surface area (Å²) in [5.41, 5.74) is 3.35. The van der Waals surface area contributed by atoms with E-state index < -0.39 is 0 Å². The minimum atomic E-state index is 0.0839. The van der Waals surface area contributed by atoms with Gasteiger partial charge in [0, 0.05) is 0 Å². The lowest BCUT2D eigenvalue weighted by atomic mass is 9.82. The van der Waals surface area contributed by atoms with Gasteiger partial charge < -0.3 is 5.11 Å². The van der Waals surface area contributed by atoms with Crippen LogP contribution in [0.3, 0.4) is 0 Å². The average Bonchev–Trinajstić information content (AvgIpc) is 2.02. The van der Waals surface area contributed by atoms with E-state index in [1.807, 2.05) is 19.1 Å². The molecule has 0 aliphatic carbocycles. The van der Waals surface area contributed by atoms with Crippen LogP contribution in [0.4, 0.5) is 0 Å². The molecule has 0 aliphatic heterocycles. The van der Waals surface area contributed by atoms with Crippen molar-refractivity contribution in [3.05, 3.63) is 41.5 Å². The molecule has 0 aliphatic rings. The highest BCUT2D eigenvalue weighted by atomic mass is 16.3. The van der Waals surface area contributed by atoms with E-state index in [1.165, 1.54) is 12.2 Å². The Labute approximate surface area is 80.4 Å². The first-order chi connectivity index (χ1) is 5.96. The van der Waals surface area contributed by atoms with Crippen LogP contribution in [-0.4, -0.2) is 5.11 Å². The van der Waals surface area contributed by atoms with E-state index in [9.17, 15) is 0 Å². The Kier molecular flexibility index (Phi) is 2.77. The summed E-state index contributed by atoms with van der Waals surface area (Å²) in [5, 5.41) is 9.14. The fourth-order valence-electron chi connectivity index (χ4n) is 1.51. The predicted molar refractivity (Wildman–Crippen MR) is 55.2 cm³/mol. The van der Waals surface area contributed by atoms with E-state index in [0.717, 1.165) is 11.1 Å². The van der Waals surface area contributed by atoms with Gasteiger partial charge in [0.15, 0.2) is 0 Å². The number of hydrogen-bond donors (Lipinski definition) is 1. The van der Waals surface area contributed by atoms with Crippen LogP contribution in [0, 0.1) is 13.5 Å². The lowest BCUT2D eigenvalue weighted by Gasteiger charge is -2.23. The van der Waals surface area contributed by atoms with E-state index in [0.29, 0.717) is 0 Å². The van der Waals surface area contributed by atoms with E-state index in [2.05, 4.69) is 26.8 Å². The third kappa shape index (κ3) is 2.10. The normalized spacial score (nSPS) is 11.8. The van der Waals surface area contributed by atoms with Crippen LogP contribution < -0.4 is 0 Å². The van der Waals surface area contributed by atoms with Gasteiger partial charge in [-0.05, 0) is 29.0 Å². The summed E-state index contributed by atoms with van der Waals surface area (Å²) in [7, 11) is 0. The van der Waals surface area contributed by atoms with Gasteiger partial charge in [-0.25, -0.2) is 0 Å². The zero-order chi connectivity index (χ0) is 10.1. The van der Waals surface area contributed by atoms with Crippen molar-refractivity contribution in [2.75, 3.05) is 0 Å². The molecule has 1 nitrogen and oxygen atoms in total. The molecule has 1 radical (unpaired) electrons. The van der Waals surface area contributed by atoms with Crippen LogP contribution >= 0.6 is 0 Å². The zero-order valence-electron chi connectivity index (χ0n) is 8.76. The van der Waals surface area contributed by atoms with Crippen molar-refractivity contribution in [1.82, 2.24) is 0 Å². The van der Waals surface area contributed by atoms with E-state index in [4.69, 9.17) is 5.11 Å². The second kappa shape index (κ2) is 3.51. The molecule has 1 N–H and O–H groups in total. The molecule has 0 spiro atoms. The second-order valence-corrected chi connectivity index (χ2v) is 4.42. The molecular formula is C12H17O. The van der Waals surface area contributed by atoms with E-state index in [1.54, 1.807) is 0 Å². The molecule has 0 atom stereocenters. The first kappa shape index (κ1) is 10.3. The molecule has 0 bridgehead atoms. The maximum atomic E-state index is 9.14. The van der Waals surface area contributed by atoms with Crippen molar-refractivity contribution in [2.45, 2.75) is 33.1 Å². The minimum Gasteiger partial charge on any atom is -0.385 e. The Balaban J connectivity index is 3.29. The first-order valence-corrected chi connectivity index (χ1v) is 4.54. The fourth-order valence-corrected chi connectivity index (χ4v) is 1.51. The molecule has 0 heterocycles. The smallest absolute Gasteiger partial charge is 0.110 e. The first-order valence-electron chi connectivity index (χ1n) is 4.54. The summed E-state index contributed by atoms with van der Waals surface area (Å²) in [5.74, 6) is 0. The molecule has 1 rings (SSSR count). The third-order valence-electron chi connectivity index (χ3n) is 2.26. The molecule has 13 heavy (non-hydrogen) atoms. The maximum Gasteiger partial charge on any atom is 0.110 e. The average molecular weight is 177 g/mol. The highest BCUT2D eigenvalue weighted by molar-refractivity contribution is 5.41. The molecule has 0 aromatic heterocycles. The zero-order valence-corrected chi connectivity index (χ0v) is 8.76. The van der Waals surface area contributed by atoms with Crippen molar-refractivity contribution >= 4 is 0 Å². The number of benzene rings is 1. The van der Waals surface area contributed by atoms with Gasteiger partial charge in [-0.15, -0.1) is 0 Å². The summed E-state index contributed by atoms with van der Waals surface area (Å²) in [6.07, 6.45) is 0. The van der Waals surface area contributed by atoms with Gasteiger partial charge in [0.05, 0.1) is 0 Å². The lowest BCUT2D eigenvalue weighted by Crippen LogP contribution is -2.14. The van der Waals surface area contributed by atoms with Gasteiger partial charge >= 0.3 is 0 Å². The summed E-state index contributed by atoms with van der Waals surface area (Å²) in [4.78, 5) is 0. The Hall–Kier alpha value is -0.820. The summed E-state index contributed by atoms with van der Waals surface area (Å²) in [6.45, 7) is 9.66. The molecule has 1 aromatic carbocycles. The molecular weight excluding hydrogens is 160 g/mol. The molecule has 1 heteroatoms. The molecule has 1 aromatic rings. The Morgan fingerprint density at radius 1 is 1.23 bits per heavy atom. The highest BCUT2D eigenvalue weighted by Gasteiger charge is 2.18. The van der Waals surface area contributed by atoms with Crippen molar-refractivity contribution < 1.29 is 5.11 Å². The molecule has 0 fully saturated rings. The SMILES string of the molecule is Cc1cccc(C(C)(C)C)c1[CH]O. The maximum absolute atomic E-state index is 9.14. The number of aliphatic hydroxyl groups excluding tert-OH is 1. The van der Waals surface area contributed by atoms with Crippen molar-refractivity contribution in [1.29, 1.82) is 0 Å². The monoisotopic (exact) mass is 177 g/mol. The van der Waals surface area contributed by atoms with Crippen LogP contribution in [0.25, 0.3) is 0 Å². The second-order valence-electron chi connectivity index (χ2n) is 4.42. The number of rotatable bonds is 1. The number of hydrogen-bond acceptors (Lipinski definition) is 1. The van der Waals surface area contributed by atoms with Crippen molar-refractivity contribution in [2.24, 2.45) is 0 Å². The van der Waals surface area contributed by atoms with Gasteiger partial charge in [-0.1, -0.05) is 39.0 Å². The molecule has 0 unspecified atom stereocenters. The van der Waals surface area contributed by atoms with Gasteiger partial charge in [-0.2, -0.15) is 0 Å². The topological polar surface area (TPSA) is 20.2 Å². The highest BCUT2D eigenvalue weighted by Crippen LogP contribution is 2.28. The van der Waals surface area contributed by atoms with Gasteiger partial charge in [0.2, 0.25) is 0 Å². The Morgan fingerprint density at radius 3 is 2.23 bits per heavy atom. The molecule has 0 saturated heterocycles. The fraction of sp³-hybridized carbons (Fsp3) is 0.417. The number of aliphatic hydroxyl groups is 1. The van der Waals surface area contributed by atoms with Crippen LogP contribution in [0.2, 0.25) is 0 Å². The van der Waals surface area contributed by atoms with E-state index in [-0.39, 0.29) is 5.41 Å². The van der Waals surface area contributed by atoms with Gasteiger partial charge in [0.25, 0.3) is 0 Å². The molecule has 0 amide bonds. The Morgan fingerprint density at radius 2 is 1.85 bits per heavy atom. The van der Waals surface area contributed by atoms with Crippen LogP contribution in [0.15, 0.2) is 18.2 Å². The molecule has 71 valence electrons. The predicted octanol–water partition coefficient (Wildman–Crippen LogP) is 3.17. The van der Waals surface area contributed by atoms with Crippen molar-refractivity contribution in [3.63, 3.8) is 0 Å². The quantitative estimate of drug-likeness (QED) is 0.698. The van der Waals surface area contributed by atoms with Crippen LogP contribution in [0.1, 0.15) is 37.5 Å². The summed E-state index contributed by atoms with van der Waals surface area (Å²) >= 11 is 0. The third-order valence-corrected chi connectivity index (χ3v) is 2.26. The standard InChI is InChI=1S/C12H17O/c1-9-6-5-7-11(10(9)8-13)12(2,3)4/h5-8,13H,1-4H3. The molecule has 0 saturated carbocycles. The minimum absolute atomic E-state index is 0.0839. The van der Waals surface area contributed by atoms with Crippen molar-refractivity contribution in [3.8, 4) is 0 Å². The van der Waals surface area contributed by atoms with Crippen LogP contribution in [0.5, 0.6) is 0 Å². The van der Waals surface area contributed by atoms with Crippen LogP contribution in [-0.2, 0) is 5.41 Å². The number of aryl methyl sites for hydroxylation is 1. The summed E-state index contributed by atoms with van der Waals surface area (Å²) in [6, 6.07) is 6.11. The Bertz CT molecular complexity index is 294. The van der Waals surface area contributed by atoms with E-state index >= 15 is 0 Å². The summed E-state index contributed by atoms with van der Waals surface area (Å²) < 4.78 is 0. The lowest BCUT2D eigenvalue weighted by molar-refractivity contribution is 0.409. The largest absolute Gasteiger partial charge is 0.385 e. The van der Waals surface area contributed by atoms with Gasteiger partial charge in [0.1, 0.15) is 6.61 Å². The van der Waals surface area contributed by atoms with Gasteiger partial charge in [-0.3, -0.25) is 0 Å².